The van der Waals surface area contributed by atoms with Gasteiger partial charge >= 0.3 is 0 Å². The van der Waals surface area contributed by atoms with E-state index >= 15 is 0 Å². The van der Waals surface area contributed by atoms with Gasteiger partial charge in [0, 0.05) is 5.75 Å². The zero-order chi connectivity index (χ0) is 20.5. The number of ether oxygens (including phenoxy) is 1. The highest BCUT2D eigenvalue weighted by atomic mass is 32.2. The molecule has 1 aromatic carbocycles. The maximum absolute atomic E-state index is 12.7. The largest absolute Gasteiger partial charge is 0.476 e. The summed E-state index contributed by atoms with van der Waals surface area (Å²) >= 11 is 2.87. The third-order valence-corrected chi connectivity index (χ3v) is 7.40. The second-order valence-electron chi connectivity index (χ2n) is 6.94. The molecule has 0 saturated carbocycles. The predicted molar refractivity (Wildman–Crippen MR) is 112 cm³/mol. The molecule has 0 spiro atoms. The average Bonchev–Trinajstić information content (AvgIpc) is 3.05. The molecule has 2 heterocycles. The van der Waals surface area contributed by atoms with E-state index in [0.29, 0.717) is 22.5 Å². The van der Waals surface area contributed by atoms with E-state index in [1.54, 1.807) is 30.0 Å². The fraction of sp³-hybridized carbons (Fsp3) is 0.471. The lowest BCUT2D eigenvalue weighted by Gasteiger charge is -2.33. The van der Waals surface area contributed by atoms with Gasteiger partial charge in [-0.25, -0.2) is 8.42 Å². The molecule has 1 aliphatic rings. The van der Waals surface area contributed by atoms with Crippen LogP contribution in [0.4, 0.5) is 10.8 Å². The number of carbonyl (C=O) groups is 1. The van der Waals surface area contributed by atoms with Crippen molar-refractivity contribution in [3.8, 4) is 5.75 Å². The van der Waals surface area contributed by atoms with Crippen LogP contribution in [0.25, 0.3) is 0 Å². The van der Waals surface area contributed by atoms with Crippen LogP contribution in [0.3, 0.4) is 0 Å². The van der Waals surface area contributed by atoms with E-state index in [0.717, 1.165) is 21.9 Å². The van der Waals surface area contributed by atoms with E-state index in [9.17, 15) is 13.2 Å². The first-order valence-corrected chi connectivity index (χ1v) is 12.3. The number of benzene rings is 1. The van der Waals surface area contributed by atoms with Crippen LogP contribution in [0.15, 0.2) is 22.5 Å². The Labute approximate surface area is 172 Å². The molecule has 0 saturated heterocycles. The molecule has 2 aromatic rings. The third-order valence-electron chi connectivity index (χ3n) is 3.85. The summed E-state index contributed by atoms with van der Waals surface area (Å²) in [5.41, 5.74) is 1.34. The number of fused-ring (bicyclic) bond motifs is 1. The first kappa shape index (κ1) is 20.9. The van der Waals surface area contributed by atoms with Crippen molar-refractivity contribution in [2.75, 3.05) is 28.2 Å². The van der Waals surface area contributed by atoms with Gasteiger partial charge in [-0.1, -0.05) is 43.0 Å². The zero-order valence-electron chi connectivity index (χ0n) is 16.0. The van der Waals surface area contributed by atoms with E-state index < -0.39 is 22.0 Å². The Balaban J connectivity index is 1.75. The molecule has 1 N–H and O–H groups in total. The summed E-state index contributed by atoms with van der Waals surface area (Å²) in [6, 6.07) is 5.21. The summed E-state index contributed by atoms with van der Waals surface area (Å²) in [5.74, 6) is 1.33. The van der Waals surface area contributed by atoms with Crippen molar-refractivity contribution >= 4 is 49.8 Å². The molecule has 11 heteroatoms. The first-order chi connectivity index (χ1) is 13.1. The number of rotatable bonds is 6. The summed E-state index contributed by atoms with van der Waals surface area (Å²) in [5, 5.41) is 11.1. The lowest BCUT2D eigenvalue weighted by Crippen LogP contribution is -2.48. The molecule has 0 bridgehead atoms. The number of hydrogen-bond donors (Lipinski definition) is 1. The van der Waals surface area contributed by atoms with Gasteiger partial charge in [0.2, 0.25) is 15.2 Å². The monoisotopic (exact) mass is 442 g/mol. The normalized spacial score (nSPS) is 16.6. The van der Waals surface area contributed by atoms with E-state index in [2.05, 4.69) is 29.4 Å². The molecule has 28 heavy (non-hydrogen) atoms. The quantitative estimate of drug-likeness (QED) is 0.542. The van der Waals surface area contributed by atoms with Gasteiger partial charge in [-0.05, 0) is 30.5 Å². The highest BCUT2D eigenvalue weighted by Gasteiger charge is 2.35. The van der Waals surface area contributed by atoms with E-state index in [1.165, 1.54) is 15.6 Å². The van der Waals surface area contributed by atoms with Gasteiger partial charge in [0.25, 0.3) is 5.91 Å². The van der Waals surface area contributed by atoms with Crippen LogP contribution in [0.1, 0.15) is 19.4 Å². The molecule has 0 unspecified atom stereocenters. The molecular weight excluding hydrogens is 420 g/mol. The summed E-state index contributed by atoms with van der Waals surface area (Å²) in [6.45, 7) is 6.00. The number of thioether (sulfide) groups is 1. The van der Waals surface area contributed by atoms with Crippen molar-refractivity contribution in [3.05, 3.63) is 23.8 Å². The van der Waals surface area contributed by atoms with Crippen LogP contribution in [-0.4, -0.2) is 49.2 Å². The van der Waals surface area contributed by atoms with Crippen molar-refractivity contribution in [1.29, 1.82) is 0 Å². The van der Waals surface area contributed by atoms with Crippen LogP contribution in [0.5, 0.6) is 5.75 Å². The molecule has 152 valence electrons. The minimum atomic E-state index is -3.56. The Morgan fingerprint density at radius 1 is 1.43 bits per heavy atom. The fourth-order valence-electron chi connectivity index (χ4n) is 2.55. The van der Waals surface area contributed by atoms with Gasteiger partial charge in [0.05, 0.1) is 18.5 Å². The SMILES string of the molecule is Cc1ccc2c(c1)O[C@H](C(=O)Nc1nnc(SCC(C)C)s1)CN2S(C)(=O)=O. The highest BCUT2D eigenvalue weighted by molar-refractivity contribution is 8.01. The second-order valence-corrected chi connectivity index (χ2v) is 11.1. The van der Waals surface area contributed by atoms with Crippen LogP contribution in [0.2, 0.25) is 0 Å². The Kier molecular flexibility index (Phi) is 6.15. The zero-order valence-corrected chi connectivity index (χ0v) is 18.4. The van der Waals surface area contributed by atoms with Crippen LogP contribution in [-0.2, 0) is 14.8 Å². The predicted octanol–water partition coefficient (Wildman–Crippen LogP) is 2.76. The number of anilines is 2. The molecular formula is C17H22N4O4S3. The summed E-state index contributed by atoms with van der Waals surface area (Å²) in [7, 11) is -3.56. The number of amides is 1. The third kappa shape index (κ3) is 4.95. The number of nitrogens with one attached hydrogen (secondary N) is 1. The van der Waals surface area contributed by atoms with Crippen LogP contribution < -0.4 is 14.4 Å². The van der Waals surface area contributed by atoms with Crippen molar-refractivity contribution < 1.29 is 17.9 Å². The van der Waals surface area contributed by atoms with Gasteiger partial charge < -0.3 is 4.74 Å². The Bertz CT molecular complexity index is 975. The lowest BCUT2D eigenvalue weighted by atomic mass is 10.1. The summed E-state index contributed by atoms with van der Waals surface area (Å²) < 4.78 is 32.2. The number of nitrogens with zero attached hydrogens (tertiary/aromatic N) is 3. The van der Waals surface area contributed by atoms with Gasteiger partial charge in [-0.2, -0.15) is 0 Å². The summed E-state index contributed by atoms with van der Waals surface area (Å²) in [6.07, 6.45) is 0.125. The molecule has 3 rings (SSSR count). The van der Waals surface area contributed by atoms with Crippen LogP contribution >= 0.6 is 23.1 Å². The Morgan fingerprint density at radius 2 is 2.18 bits per heavy atom. The maximum atomic E-state index is 12.7. The number of aromatic nitrogens is 2. The van der Waals surface area contributed by atoms with Crippen LogP contribution in [0, 0.1) is 12.8 Å². The van der Waals surface area contributed by atoms with Gasteiger partial charge in [0.15, 0.2) is 10.4 Å². The number of sulfonamides is 1. The van der Waals surface area contributed by atoms with E-state index in [4.69, 9.17) is 4.74 Å². The minimum absolute atomic E-state index is 0.103. The average molecular weight is 443 g/mol. The van der Waals surface area contributed by atoms with Crippen molar-refractivity contribution in [2.45, 2.75) is 31.2 Å². The lowest BCUT2D eigenvalue weighted by molar-refractivity contribution is -0.122. The fourth-order valence-corrected chi connectivity index (χ4v) is 5.20. The number of aryl methyl sites for hydroxylation is 1. The highest BCUT2D eigenvalue weighted by Crippen LogP contribution is 2.36. The Morgan fingerprint density at radius 3 is 2.86 bits per heavy atom. The van der Waals surface area contributed by atoms with Crippen molar-refractivity contribution in [3.63, 3.8) is 0 Å². The Hall–Kier alpha value is -1.85. The molecule has 8 nitrogen and oxygen atoms in total. The minimum Gasteiger partial charge on any atom is -0.476 e. The van der Waals surface area contributed by atoms with E-state index in [-0.39, 0.29) is 6.54 Å². The standard InChI is InChI=1S/C17H22N4O4S3/c1-10(2)9-26-17-20-19-16(27-17)18-15(22)14-8-21(28(4,23)24)12-6-5-11(3)7-13(12)25-14/h5-7,10,14H,8-9H2,1-4H3,(H,18,19,22)/t14-/m0/s1. The number of carbonyl (C=O) groups excluding carboxylic acids is 1. The van der Waals surface area contributed by atoms with Gasteiger partial charge in [-0.3, -0.25) is 14.4 Å². The maximum Gasteiger partial charge on any atom is 0.269 e. The van der Waals surface area contributed by atoms with Gasteiger partial charge in [0.1, 0.15) is 5.75 Å². The molecule has 1 amide bonds. The first-order valence-electron chi connectivity index (χ1n) is 8.65. The molecule has 1 aromatic heterocycles. The number of hydrogen-bond acceptors (Lipinski definition) is 8. The molecule has 0 radical (unpaired) electrons. The molecule has 0 aliphatic carbocycles. The topological polar surface area (TPSA) is 101 Å². The molecule has 0 fully saturated rings. The smallest absolute Gasteiger partial charge is 0.269 e. The van der Waals surface area contributed by atoms with Crippen molar-refractivity contribution in [2.24, 2.45) is 5.92 Å². The van der Waals surface area contributed by atoms with E-state index in [1.807, 2.05) is 6.92 Å². The second kappa shape index (κ2) is 8.26. The van der Waals surface area contributed by atoms with Gasteiger partial charge in [-0.15, -0.1) is 10.2 Å². The summed E-state index contributed by atoms with van der Waals surface area (Å²) in [4.78, 5) is 12.7. The molecule has 1 atom stereocenters. The molecule has 1 aliphatic heterocycles. The van der Waals surface area contributed by atoms with Crippen molar-refractivity contribution in [1.82, 2.24) is 10.2 Å².